The fourth-order valence-corrected chi connectivity index (χ4v) is 3.28. The van der Waals surface area contributed by atoms with Gasteiger partial charge in [-0.15, -0.1) is 0 Å². The molecular formula is C21H23FN2O2. The van der Waals surface area contributed by atoms with Gasteiger partial charge in [-0.3, -0.25) is 9.59 Å². The molecule has 3 rings (SSSR count). The molecule has 0 bridgehead atoms. The summed E-state index contributed by atoms with van der Waals surface area (Å²) in [6, 6.07) is 14.6. The van der Waals surface area contributed by atoms with Crippen LogP contribution in [0.25, 0.3) is 0 Å². The van der Waals surface area contributed by atoms with Crippen LogP contribution in [-0.2, 0) is 29.1 Å². The van der Waals surface area contributed by atoms with E-state index >= 15 is 0 Å². The normalized spacial score (nSPS) is 13.2. The van der Waals surface area contributed by atoms with Gasteiger partial charge in [-0.05, 0) is 23.6 Å². The maximum atomic E-state index is 13.8. The maximum Gasteiger partial charge on any atom is 0.224 e. The zero-order valence-electron chi connectivity index (χ0n) is 15.0. The average Bonchev–Trinajstić information content (AvgIpc) is 2.65. The Morgan fingerprint density at radius 3 is 2.50 bits per heavy atom. The van der Waals surface area contributed by atoms with Gasteiger partial charge in [0.1, 0.15) is 5.82 Å². The van der Waals surface area contributed by atoms with Gasteiger partial charge in [0.25, 0.3) is 0 Å². The first-order valence-electron chi connectivity index (χ1n) is 8.88. The van der Waals surface area contributed by atoms with Crippen molar-refractivity contribution in [2.75, 3.05) is 13.1 Å². The van der Waals surface area contributed by atoms with E-state index in [1.165, 1.54) is 29.0 Å². The molecule has 26 heavy (non-hydrogen) atoms. The predicted octanol–water partition coefficient (Wildman–Crippen LogP) is 3.15. The van der Waals surface area contributed by atoms with Crippen LogP contribution in [0.15, 0.2) is 48.5 Å². The van der Waals surface area contributed by atoms with Crippen LogP contribution in [0.2, 0.25) is 0 Å². The Hall–Kier alpha value is -2.69. The summed E-state index contributed by atoms with van der Waals surface area (Å²) in [4.78, 5) is 27.8. The third-order valence-electron chi connectivity index (χ3n) is 4.84. The molecule has 1 aliphatic rings. The highest BCUT2D eigenvalue weighted by atomic mass is 19.1. The number of rotatable bonds is 5. The lowest BCUT2D eigenvalue weighted by Gasteiger charge is -2.30. The second-order valence-electron chi connectivity index (χ2n) is 6.62. The Bertz CT molecular complexity index is 806. The zero-order valence-corrected chi connectivity index (χ0v) is 15.0. The summed E-state index contributed by atoms with van der Waals surface area (Å²) in [7, 11) is 0. The third kappa shape index (κ3) is 4.28. The van der Waals surface area contributed by atoms with E-state index in [2.05, 4.69) is 12.1 Å². The molecule has 136 valence electrons. The standard InChI is InChI=1S/C21H23FN2O2/c1-16(25)23(15-19-8-4-5-9-20(19)22)13-11-21(26)24-12-10-17-6-2-3-7-18(17)14-24/h2-9H,10-15H2,1H3. The Balaban J connectivity index is 1.58. The molecule has 0 aliphatic carbocycles. The van der Waals surface area contributed by atoms with E-state index in [0.717, 1.165) is 6.42 Å². The number of hydrogen-bond donors (Lipinski definition) is 0. The minimum Gasteiger partial charge on any atom is -0.338 e. The summed E-state index contributed by atoms with van der Waals surface area (Å²) in [6.07, 6.45) is 1.10. The molecule has 0 fully saturated rings. The number of carbonyl (C=O) groups is 2. The fraction of sp³-hybridized carbons (Fsp3) is 0.333. The average molecular weight is 354 g/mol. The maximum absolute atomic E-state index is 13.8. The quantitative estimate of drug-likeness (QED) is 0.828. The van der Waals surface area contributed by atoms with Crippen molar-refractivity contribution in [3.63, 3.8) is 0 Å². The summed E-state index contributed by atoms with van der Waals surface area (Å²) < 4.78 is 13.8. The summed E-state index contributed by atoms with van der Waals surface area (Å²) in [5.74, 6) is -0.470. The first-order valence-corrected chi connectivity index (χ1v) is 8.88. The van der Waals surface area contributed by atoms with E-state index < -0.39 is 0 Å². The van der Waals surface area contributed by atoms with Crippen LogP contribution in [0.5, 0.6) is 0 Å². The van der Waals surface area contributed by atoms with E-state index in [0.29, 0.717) is 25.2 Å². The molecule has 5 heteroatoms. The first-order chi connectivity index (χ1) is 12.5. The molecule has 0 saturated heterocycles. The van der Waals surface area contributed by atoms with Gasteiger partial charge in [0, 0.05) is 45.1 Å². The predicted molar refractivity (Wildman–Crippen MR) is 97.7 cm³/mol. The SMILES string of the molecule is CC(=O)N(CCC(=O)N1CCc2ccccc2C1)Cc1ccccc1F. The Morgan fingerprint density at radius 2 is 1.77 bits per heavy atom. The van der Waals surface area contributed by atoms with Gasteiger partial charge in [0.15, 0.2) is 0 Å². The van der Waals surface area contributed by atoms with Crippen molar-refractivity contribution in [2.24, 2.45) is 0 Å². The number of fused-ring (bicyclic) bond motifs is 1. The van der Waals surface area contributed by atoms with Gasteiger partial charge in [0.05, 0.1) is 0 Å². The van der Waals surface area contributed by atoms with Gasteiger partial charge >= 0.3 is 0 Å². The lowest BCUT2D eigenvalue weighted by Crippen LogP contribution is -2.38. The third-order valence-corrected chi connectivity index (χ3v) is 4.84. The number of benzene rings is 2. The highest BCUT2D eigenvalue weighted by molar-refractivity contribution is 5.78. The van der Waals surface area contributed by atoms with Crippen molar-refractivity contribution in [1.29, 1.82) is 0 Å². The minimum absolute atomic E-state index is 0.0271. The highest BCUT2D eigenvalue weighted by Crippen LogP contribution is 2.19. The van der Waals surface area contributed by atoms with Crippen molar-refractivity contribution >= 4 is 11.8 Å². The minimum atomic E-state index is -0.335. The van der Waals surface area contributed by atoms with Crippen LogP contribution in [0.4, 0.5) is 4.39 Å². The molecule has 4 nitrogen and oxygen atoms in total. The lowest BCUT2D eigenvalue weighted by atomic mass is 10.00. The zero-order chi connectivity index (χ0) is 18.5. The monoisotopic (exact) mass is 354 g/mol. The van der Waals surface area contributed by atoms with Crippen LogP contribution in [0.3, 0.4) is 0 Å². The molecule has 0 radical (unpaired) electrons. The van der Waals surface area contributed by atoms with Crippen molar-refractivity contribution in [1.82, 2.24) is 9.80 Å². The van der Waals surface area contributed by atoms with Crippen molar-refractivity contribution in [3.05, 3.63) is 71.0 Å². The summed E-state index contributed by atoms with van der Waals surface area (Å²) in [6.45, 7) is 3.23. The largest absolute Gasteiger partial charge is 0.338 e. The topological polar surface area (TPSA) is 40.6 Å². The summed E-state index contributed by atoms with van der Waals surface area (Å²) in [5.41, 5.74) is 2.94. The fourth-order valence-electron chi connectivity index (χ4n) is 3.28. The molecule has 2 amide bonds. The molecule has 1 heterocycles. The molecule has 0 aromatic heterocycles. The highest BCUT2D eigenvalue weighted by Gasteiger charge is 2.21. The van der Waals surface area contributed by atoms with Crippen LogP contribution < -0.4 is 0 Å². The lowest BCUT2D eigenvalue weighted by molar-refractivity contribution is -0.134. The Kier molecular flexibility index (Phi) is 5.66. The molecule has 2 aromatic carbocycles. The number of hydrogen-bond acceptors (Lipinski definition) is 2. The van der Waals surface area contributed by atoms with Crippen molar-refractivity contribution in [3.8, 4) is 0 Å². The molecule has 0 saturated carbocycles. The van der Waals surface area contributed by atoms with E-state index in [9.17, 15) is 14.0 Å². The van der Waals surface area contributed by atoms with Crippen molar-refractivity contribution in [2.45, 2.75) is 32.9 Å². The van der Waals surface area contributed by atoms with Gasteiger partial charge in [-0.1, -0.05) is 42.5 Å². The molecule has 0 atom stereocenters. The molecule has 1 aliphatic heterocycles. The number of halogens is 1. The number of nitrogens with zero attached hydrogens (tertiary/aromatic N) is 2. The van der Waals surface area contributed by atoms with Crippen LogP contribution in [0, 0.1) is 5.82 Å². The van der Waals surface area contributed by atoms with Gasteiger partial charge in [-0.2, -0.15) is 0 Å². The number of carbonyl (C=O) groups excluding carboxylic acids is 2. The Labute approximate surface area is 153 Å². The Morgan fingerprint density at radius 1 is 1.08 bits per heavy atom. The van der Waals surface area contributed by atoms with Gasteiger partial charge < -0.3 is 9.80 Å². The van der Waals surface area contributed by atoms with E-state index in [1.807, 2.05) is 17.0 Å². The van der Waals surface area contributed by atoms with Crippen molar-refractivity contribution < 1.29 is 14.0 Å². The summed E-state index contributed by atoms with van der Waals surface area (Å²) in [5, 5.41) is 0. The van der Waals surface area contributed by atoms with E-state index in [4.69, 9.17) is 0 Å². The first kappa shape index (κ1) is 18.1. The molecule has 0 N–H and O–H groups in total. The molecule has 0 spiro atoms. The van der Waals surface area contributed by atoms with Crippen LogP contribution in [0.1, 0.15) is 30.0 Å². The molecular weight excluding hydrogens is 331 g/mol. The van der Waals surface area contributed by atoms with Crippen LogP contribution >= 0.6 is 0 Å². The molecule has 2 aromatic rings. The number of amides is 2. The second kappa shape index (κ2) is 8.13. The molecule has 0 unspecified atom stereocenters. The smallest absolute Gasteiger partial charge is 0.224 e. The van der Waals surface area contributed by atoms with E-state index in [-0.39, 0.29) is 30.6 Å². The summed E-state index contributed by atoms with van der Waals surface area (Å²) >= 11 is 0. The van der Waals surface area contributed by atoms with E-state index in [1.54, 1.807) is 18.2 Å². The van der Waals surface area contributed by atoms with Crippen LogP contribution in [-0.4, -0.2) is 34.7 Å². The second-order valence-corrected chi connectivity index (χ2v) is 6.62. The van der Waals surface area contributed by atoms with Gasteiger partial charge in [0.2, 0.25) is 11.8 Å². The van der Waals surface area contributed by atoms with Gasteiger partial charge in [-0.25, -0.2) is 4.39 Å².